The molecule has 1 fully saturated rings. The van der Waals surface area contributed by atoms with Crippen LogP contribution in [-0.4, -0.2) is 46.0 Å². The van der Waals surface area contributed by atoms with Gasteiger partial charge in [-0.15, -0.1) is 0 Å². The van der Waals surface area contributed by atoms with Crippen molar-refractivity contribution in [2.24, 2.45) is 0 Å². The predicted octanol–water partition coefficient (Wildman–Crippen LogP) is 2.68. The van der Waals surface area contributed by atoms with Gasteiger partial charge >= 0.3 is 6.03 Å². The number of ether oxygens (including phenoxy) is 1. The fraction of sp³-hybridized carbons (Fsp3) is 0.500. The summed E-state index contributed by atoms with van der Waals surface area (Å²) in [5.41, 5.74) is 4.66. The van der Waals surface area contributed by atoms with Crippen molar-refractivity contribution in [2.75, 3.05) is 13.1 Å². The Morgan fingerprint density at radius 1 is 1.19 bits per heavy atom. The minimum Gasteiger partial charge on any atom is -0.372 e. The van der Waals surface area contributed by atoms with E-state index in [1.165, 1.54) is 11.3 Å². The maximum Gasteiger partial charge on any atom is 0.317 e. The summed E-state index contributed by atoms with van der Waals surface area (Å²) in [5.74, 6) is 0. The molecule has 2 atom stereocenters. The number of fused-ring (bicyclic) bond motifs is 1. The highest BCUT2D eigenvalue weighted by atomic mass is 16.5. The van der Waals surface area contributed by atoms with Crippen LogP contribution in [-0.2, 0) is 24.1 Å². The van der Waals surface area contributed by atoms with Gasteiger partial charge in [0.25, 0.3) is 0 Å². The monoisotopic (exact) mass is 354 g/mol. The highest BCUT2D eigenvalue weighted by Crippen LogP contribution is 2.27. The number of hydrogen-bond acceptors (Lipinski definition) is 3. The van der Waals surface area contributed by atoms with Gasteiger partial charge in [0.1, 0.15) is 0 Å². The molecule has 6 heteroatoms. The Morgan fingerprint density at radius 3 is 2.65 bits per heavy atom. The number of nitrogens with zero attached hydrogens (tertiary/aromatic N) is 3. The van der Waals surface area contributed by atoms with Crippen LogP contribution in [0.5, 0.6) is 0 Å². The molecule has 2 heterocycles. The second kappa shape index (κ2) is 7.11. The van der Waals surface area contributed by atoms with Crippen LogP contribution in [0, 0.1) is 0 Å². The number of rotatable bonds is 3. The minimum absolute atomic E-state index is 0.0343. The lowest BCUT2D eigenvalue weighted by Crippen LogP contribution is -2.51. The number of nitrogens with one attached hydrogen (secondary N) is 1. The molecule has 138 valence electrons. The van der Waals surface area contributed by atoms with E-state index in [-0.39, 0.29) is 18.2 Å². The Morgan fingerprint density at radius 2 is 1.92 bits per heavy atom. The molecule has 2 aliphatic rings. The Bertz CT molecular complexity index is 777. The van der Waals surface area contributed by atoms with Crippen molar-refractivity contribution in [3.05, 3.63) is 47.3 Å². The first-order valence-electron chi connectivity index (χ1n) is 9.45. The number of hydrogen-bond donors (Lipinski definition) is 1. The summed E-state index contributed by atoms with van der Waals surface area (Å²) >= 11 is 0. The van der Waals surface area contributed by atoms with E-state index < -0.39 is 0 Å². The zero-order chi connectivity index (χ0) is 18.1. The third kappa shape index (κ3) is 3.33. The van der Waals surface area contributed by atoms with Gasteiger partial charge in [0.2, 0.25) is 0 Å². The van der Waals surface area contributed by atoms with Gasteiger partial charge in [0, 0.05) is 18.8 Å². The van der Waals surface area contributed by atoms with Crippen LogP contribution in [0.25, 0.3) is 5.69 Å². The number of morpholine rings is 1. The number of amides is 2. The van der Waals surface area contributed by atoms with Crippen LogP contribution in [0.1, 0.15) is 37.2 Å². The molecule has 1 aliphatic heterocycles. The lowest BCUT2D eigenvalue weighted by atomic mass is 10.2. The molecule has 1 aliphatic carbocycles. The van der Waals surface area contributed by atoms with Gasteiger partial charge in [-0.1, -0.05) is 18.2 Å². The summed E-state index contributed by atoms with van der Waals surface area (Å²) < 4.78 is 7.75. The van der Waals surface area contributed by atoms with Gasteiger partial charge in [0.05, 0.1) is 30.1 Å². The summed E-state index contributed by atoms with van der Waals surface area (Å²) in [6, 6.07) is 10.2. The van der Waals surface area contributed by atoms with E-state index in [0.717, 1.165) is 30.6 Å². The number of benzene rings is 1. The van der Waals surface area contributed by atoms with Gasteiger partial charge in [-0.2, -0.15) is 5.10 Å². The minimum atomic E-state index is -0.0343. The number of para-hydroxylation sites is 1. The van der Waals surface area contributed by atoms with Crippen molar-refractivity contribution in [1.29, 1.82) is 0 Å². The maximum atomic E-state index is 12.6. The largest absolute Gasteiger partial charge is 0.372 e. The number of carbonyl (C=O) groups excluding carboxylic acids is 1. The lowest BCUT2D eigenvalue weighted by Gasteiger charge is -2.35. The molecule has 0 spiro atoms. The molecule has 0 saturated carbocycles. The number of urea groups is 1. The SMILES string of the molecule is C[C@@H]1CN(C(=O)NCc2nn(-c3ccccc3)c3c2CCC3)C[C@@H](C)O1. The van der Waals surface area contributed by atoms with Crippen LogP contribution in [0.4, 0.5) is 4.79 Å². The zero-order valence-electron chi connectivity index (χ0n) is 15.4. The molecule has 0 radical (unpaired) electrons. The van der Waals surface area contributed by atoms with Crippen molar-refractivity contribution < 1.29 is 9.53 Å². The number of aromatic nitrogens is 2. The van der Waals surface area contributed by atoms with Crippen molar-refractivity contribution in [1.82, 2.24) is 20.0 Å². The van der Waals surface area contributed by atoms with Crippen LogP contribution in [0.3, 0.4) is 0 Å². The molecule has 4 rings (SSSR count). The van der Waals surface area contributed by atoms with Crippen molar-refractivity contribution >= 4 is 6.03 Å². The zero-order valence-corrected chi connectivity index (χ0v) is 15.4. The van der Waals surface area contributed by atoms with Gasteiger partial charge < -0.3 is 15.0 Å². The lowest BCUT2D eigenvalue weighted by molar-refractivity contribution is -0.0545. The van der Waals surface area contributed by atoms with Gasteiger partial charge in [-0.05, 0) is 50.8 Å². The fourth-order valence-corrected chi connectivity index (χ4v) is 4.05. The first kappa shape index (κ1) is 17.1. The quantitative estimate of drug-likeness (QED) is 0.922. The van der Waals surface area contributed by atoms with E-state index in [1.54, 1.807) is 0 Å². The summed E-state index contributed by atoms with van der Waals surface area (Å²) in [6.07, 6.45) is 3.39. The van der Waals surface area contributed by atoms with E-state index in [9.17, 15) is 4.79 Å². The molecule has 26 heavy (non-hydrogen) atoms. The van der Waals surface area contributed by atoms with E-state index in [0.29, 0.717) is 19.6 Å². The van der Waals surface area contributed by atoms with Crippen molar-refractivity contribution in [2.45, 2.75) is 51.9 Å². The second-order valence-corrected chi connectivity index (χ2v) is 7.29. The molecule has 1 N–H and O–H groups in total. The van der Waals surface area contributed by atoms with Crippen molar-refractivity contribution in [3.8, 4) is 5.69 Å². The average Bonchev–Trinajstić information content (AvgIpc) is 3.22. The maximum absolute atomic E-state index is 12.6. The highest BCUT2D eigenvalue weighted by Gasteiger charge is 2.27. The summed E-state index contributed by atoms with van der Waals surface area (Å²) in [4.78, 5) is 14.4. The van der Waals surface area contributed by atoms with Crippen LogP contribution in [0.2, 0.25) is 0 Å². The molecule has 6 nitrogen and oxygen atoms in total. The molecular formula is C20H26N4O2. The van der Waals surface area contributed by atoms with Gasteiger partial charge in [-0.3, -0.25) is 0 Å². The smallest absolute Gasteiger partial charge is 0.317 e. The molecule has 0 bridgehead atoms. The molecule has 0 unspecified atom stereocenters. The number of carbonyl (C=O) groups is 1. The van der Waals surface area contributed by atoms with E-state index in [1.807, 2.05) is 41.6 Å². The molecular weight excluding hydrogens is 328 g/mol. The molecule has 1 aromatic heterocycles. The summed E-state index contributed by atoms with van der Waals surface area (Å²) in [5, 5.41) is 7.87. The Hall–Kier alpha value is -2.34. The topological polar surface area (TPSA) is 59.4 Å². The summed E-state index contributed by atoms with van der Waals surface area (Å²) in [7, 11) is 0. The third-order valence-electron chi connectivity index (χ3n) is 5.13. The third-order valence-corrected chi connectivity index (χ3v) is 5.13. The van der Waals surface area contributed by atoms with Gasteiger partial charge in [-0.25, -0.2) is 9.48 Å². The van der Waals surface area contributed by atoms with Crippen molar-refractivity contribution in [3.63, 3.8) is 0 Å². The molecule has 1 saturated heterocycles. The predicted molar refractivity (Wildman–Crippen MR) is 99.4 cm³/mol. The Kier molecular flexibility index (Phi) is 4.68. The van der Waals surface area contributed by atoms with E-state index >= 15 is 0 Å². The highest BCUT2D eigenvalue weighted by molar-refractivity contribution is 5.74. The normalized spacial score (nSPS) is 22.3. The average molecular weight is 354 g/mol. The van der Waals surface area contributed by atoms with Crippen LogP contribution < -0.4 is 5.32 Å². The van der Waals surface area contributed by atoms with Crippen LogP contribution >= 0.6 is 0 Å². The fourth-order valence-electron chi connectivity index (χ4n) is 4.05. The van der Waals surface area contributed by atoms with Crippen LogP contribution in [0.15, 0.2) is 30.3 Å². The Balaban J connectivity index is 1.48. The van der Waals surface area contributed by atoms with E-state index in [2.05, 4.69) is 17.4 Å². The molecule has 2 aromatic rings. The van der Waals surface area contributed by atoms with E-state index in [4.69, 9.17) is 9.84 Å². The molecule has 1 aromatic carbocycles. The first-order valence-corrected chi connectivity index (χ1v) is 9.45. The summed E-state index contributed by atoms with van der Waals surface area (Å²) in [6.45, 7) is 5.75. The first-order chi connectivity index (χ1) is 12.6. The Labute approximate surface area is 154 Å². The molecule has 2 amide bonds. The standard InChI is InChI=1S/C20H26N4O2/c1-14-12-23(13-15(2)26-14)20(25)21-11-18-17-9-6-10-19(17)24(22-18)16-7-4-3-5-8-16/h3-5,7-8,14-15H,6,9-13H2,1-2H3,(H,21,25)/t14-,15-/m1/s1. The van der Waals surface area contributed by atoms with Gasteiger partial charge in [0.15, 0.2) is 0 Å². The second-order valence-electron chi connectivity index (χ2n) is 7.29.